The summed E-state index contributed by atoms with van der Waals surface area (Å²) in [6.07, 6.45) is 3.53. The summed E-state index contributed by atoms with van der Waals surface area (Å²) in [6.45, 7) is 0. The second kappa shape index (κ2) is 11.5. The summed E-state index contributed by atoms with van der Waals surface area (Å²) in [5, 5.41) is 8.91. The summed E-state index contributed by atoms with van der Waals surface area (Å²) in [6, 6.07) is 7.39. The van der Waals surface area contributed by atoms with Gasteiger partial charge in [0.05, 0.1) is 21.2 Å². The smallest absolute Gasteiger partial charge is 0.267 e. The summed E-state index contributed by atoms with van der Waals surface area (Å²) in [5.74, 6) is -0.290. The second-order valence-electron chi connectivity index (χ2n) is 8.32. The number of hydrogen-bond acceptors (Lipinski definition) is 14. The molecule has 3 N–H and O–H groups in total. The summed E-state index contributed by atoms with van der Waals surface area (Å²) in [5.41, 5.74) is 8.20. The van der Waals surface area contributed by atoms with E-state index in [1.54, 1.807) is 26.2 Å². The Morgan fingerprint density at radius 1 is 0.900 bits per heavy atom. The number of amides is 2. The molecule has 2 aliphatic heterocycles. The van der Waals surface area contributed by atoms with E-state index in [0.29, 0.717) is 29.6 Å². The highest BCUT2D eigenvalue weighted by Crippen LogP contribution is 2.31. The molecule has 2 aromatic heterocycles. The lowest BCUT2D eigenvalue weighted by molar-refractivity contribution is -0.120. The molecule has 2 fully saturated rings. The third-order valence-corrected chi connectivity index (χ3v) is 11.8. The van der Waals surface area contributed by atoms with E-state index >= 15 is 0 Å². The van der Waals surface area contributed by atoms with E-state index in [1.165, 1.54) is 56.0 Å². The fourth-order valence-electron chi connectivity index (χ4n) is 3.84. The third kappa shape index (κ3) is 5.11. The van der Waals surface area contributed by atoms with Crippen molar-refractivity contribution < 1.29 is 9.59 Å². The summed E-state index contributed by atoms with van der Waals surface area (Å²) < 4.78 is 12.2. The number of allylic oxidation sites excluding steroid dienone is 2. The van der Waals surface area contributed by atoms with Crippen LogP contribution in [0.5, 0.6) is 0 Å². The Balaban J connectivity index is 1.62. The quantitative estimate of drug-likeness (QED) is 0.256. The van der Waals surface area contributed by atoms with Crippen LogP contribution >= 0.6 is 83.4 Å². The number of thiol groups is 1. The fraction of sp³-hybridized carbons (Fsp3) is 0.0833. The average molecular weight is 677 g/mol. The predicted octanol–water partition coefficient (Wildman–Crippen LogP) is 1.78. The molecule has 2 aromatic rings. The average Bonchev–Trinajstić information content (AvgIpc) is 3.70. The van der Waals surface area contributed by atoms with E-state index in [0.717, 1.165) is 18.1 Å². The number of thiophene rings is 2. The first-order valence-corrected chi connectivity index (χ1v) is 15.9. The van der Waals surface area contributed by atoms with Gasteiger partial charge in [0.25, 0.3) is 11.8 Å². The maximum absolute atomic E-state index is 12.5. The molecule has 2 amide bonds. The van der Waals surface area contributed by atoms with Crippen molar-refractivity contribution in [1.82, 2.24) is 9.80 Å². The van der Waals surface area contributed by atoms with Gasteiger partial charge in [0.2, 0.25) is 0 Å². The Morgan fingerprint density at radius 2 is 1.38 bits per heavy atom. The van der Waals surface area contributed by atoms with Crippen LogP contribution in [0.2, 0.25) is 0 Å². The van der Waals surface area contributed by atoms with Gasteiger partial charge in [-0.25, -0.2) is 4.40 Å². The van der Waals surface area contributed by atoms with Crippen molar-refractivity contribution in [2.24, 2.45) is 14.5 Å². The first-order chi connectivity index (χ1) is 19.0. The SMILES string of the molecule is CN1C(=O)/C(=c2/cc/c(=C\C3=C(N)C(N=S)=C(/C=c4\cc/c(=C5\SC(=S)N(C)C5=O)s4)C(=N)C3=NS)s2)SC1=S. The van der Waals surface area contributed by atoms with Crippen LogP contribution in [-0.4, -0.2) is 55.8 Å². The first-order valence-electron chi connectivity index (χ1n) is 11.1. The number of rotatable bonds is 3. The molecular weight excluding hydrogens is 661 g/mol. The minimum atomic E-state index is -0.146. The van der Waals surface area contributed by atoms with Crippen LogP contribution in [-0.2, 0) is 22.0 Å². The normalized spacial score (nSPS) is 23.3. The lowest BCUT2D eigenvalue weighted by Gasteiger charge is -2.20. The molecule has 1 aliphatic carbocycles. The molecule has 0 aromatic carbocycles. The van der Waals surface area contributed by atoms with Crippen LogP contribution in [0.15, 0.2) is 55.6 Å². The Labute approximate surface area is 266 Å². The van der Waals surface area contributed by atoms with Crippen LogP contribution in [0, 0.1) is 5.41 Å². The molecule has 40 heavy (non-hydrogen) atoms. The van der Waals surface area contributed by atoms with Crippen LogP contribution in [0.4, 0.5) is 0 Å². The largest absolute Gasteiger partial charge is 0.396 e. The number of hydrogen-bond donors (Lipinski definition) is 3. The van der Waals surface area contributed by atoms with Gasteiger partial charge >= 0.3 is 0 Å². The van der Waals surface area contributed by atoms with Gasteiger partial charge in [-0.3, -0.25) is 24.8 Å². The van der Waals surface area contributed by atoms with Gasteiger partial charge in [-0.15, -0.1) is 22.7 Å². The molecule has 0 atom stereocenters. The highest BCUT2D eigenvalue weighted by Gasteiger charge is 2.31. The Bertz CT molecular complexity index is 1930. The zero-order valence-electron chi connectivity index (χ0n) is 20.5. The number of nitrogens with two attached hydrogens (primary N) is 1. The van der Waals surface area contributed by atoms with Crippen molar-refractivity contribution >= 4 is 150 Å². The van der Waals surface area contributed by atoms with Crippen LogP contribution in [0.3, 0.4) is 0 Å². The molecule has 2 saturated heterocycles. The molecule has 0 bridgehead atoms. The highest BCUT2D eigenvalue weighted by atomic mass is 32.2. The van der Waals surface area contributed by atoms with E-state index < -0.39 is 0 Å². The first kappa shape index (κ1) is 29.2. The molecule has 3 aliphatic rings. The fourth-order valence-corrected chi connectivity index (χ4v) is 8.75. The number of thioether (sulfide) groups is 2. The third-order valence-electron chi connectivity index (χ3n) is 5.95. The number of carbonyl (C=O) groups excluding carboxylic acids is 2. The van der Waals surface area contributed by atoms with Crippen molar-refractivity contribution in [2.45, 2.75) is 0 Å². The van der Waals surface area contributed by atoms with Crippen molar-refractivity contribution in [3.8, 4) is 0 Å². The maximum Gasteiger partial charge on any atom is 0.267 e. The molecule has 4 heterocycles. The van der Waals surface area contributed by atoms with Gasteiger partial charge in [-0.1, -0.05) is 48.0 Å². The van der Waals surface area contributed by atoms with Crippen LogP contribution in [0.1, 0.15) is 0 Å². The number of thiocarbonyl (C=S) groups is 2. The zero-order valence-corrected chi connectivity index (χ0v) is 27.1. The van der Waals surface area contributed by atoms with E-state index in [4.69, 9.17) is 48.0 Å². The molecular formula is C24H16N6O2S8. The van der Waals surface area contributed by atoms with E-state index in [9.17, 15) is 9.59 Å². The van der Waals surface area contributed by atoms with E-state index in [2.05, 4.69) is 21.6 Å². The number of nitrogens with zero attached hydrogens (tertiary/aromatic N) is 4. The van der Waals surface area contributed by atoms with Crippen LogP contribution < -0.4 is 23.9 Å². The van der Waals surface area contributed by atoms with E-state index in [-0.39, 0.29) is 34.6 Å². The number of carbonyl (C=O) groups is 2. The van der Waals surface area contributed by atoms with Crippen molar-refractivity contribution in [1.29, 1.82) is 5.41 Å². The van der Waals surface area contributed by atoms with Crippen molar-refractivity contribution in [3.63, 3.8) is 0 Å². The summed E-state index contributed by atoms with van der Waals surface area (Å²) in [7, 11) is 3.30. The Kier molecular flexibility index (Phi) is 8.41. The molecule has 0 saturated carbocycles. The maximum atomic E-state index is 12.5. The molecule has 8 nitrogen and oxygen atoms in total. The molecule has 0 radical (unpaired) electrons. The lowest BCUT2D eigenvalue weighted by atomic mass is 9.89. The lowest BCUT2D eigenvalue weighted by Crippen LogP contribution is -2.27. The molecule has 0 unspecified atom stereocenters. The predicted molar refractivity (Wildman–Crippen MR) is 181 cm³/mol. The van der Waals surface area contributed by atoms with Gasteiger partial charge in [0.15, 0.2) is 0 Å². The zero-order chi connectivity index (χ0) is 28.9. The van der Waals surface area contributed by atoms with E-state index in [1.807, 2.05) is 24.3 Å². The Morgan fingerprint density at radius 3 is 1.77 bits per heavy atom. The van der Waals surface area contributed by atoms with Gasteiger partial charge in [-0.2, -0.15) is 4.36 Å². The van der Waals surface area contributed by atoms with Gasteiger partial charge in [0.1, 0.15) is 20.0 Å². The van der Waals surface area contributed by atoms with Crippen LogP contribution in [0.25, 0.3) is 22.0 Å². The second-order valence-corrected chi connectivity index (χ2v) is 14.2. The molecule has 0 spiro atoms. The summed E-state index contributed by atoms with van der Waals surface area (Å²) in [4.78, 5) is 29.1. The standard InChI is InChI=1S/C24H16N6O2S8/c1-29-21(31)19(39-23(29)33)13-5-3-9(37-13)7-11-15(25)18(28-36)12(16(26)17(11)27-35)8-10-4-6-14(38-10)20-22(32)30(2)24(34)40-20/h3-8,25,36H,26H2,1-2H3/b9-7+,10-8+,19-13+,20-14+,25-15?,28-18?. The number of nitrogens with one attached hydrogen (secondary N) is 1. The highest BCUT2D eigenvalue weighted by molar-refractivity contribution is 8.30. The molecule has 5 rings (SSSR count). The van der Waals surface area contributed by atoms with Crippen molar-refractivity contribution in [2.75, 3.05) is 14.1 Å². The van der Waals surface area contributed by atoms with Gasteiger partial charge in [0, 0.05) is 55.8 Å². The van der Waals surface area contributed by atoms with Crippen molar-refractivity contribution in [3.05, 3.63) is 64.9 Å². The topological polar surface area (TPSA) is 115 Å². The minimum absolute atomic E-state index is 0.0496. The monoisotopic (exact) mass is 676 g/mol. The molecule has 16 heteroatoms. The van der Waals surface area contributed by atoms with Gasteiger partial charge in [-0.05, 0) is 49.2 Å². The van der Waals surface area contributed by atoms with Gasteiger partial charge < -0.3 is 5.73 Å². The minimum Gasteiger partial charge on any atom is -0.396 e. The summed E-state index contributed by atoms with van der Waals surface area (Å²) >= 11 is 25.0. The Hall–Kier alpha value is -2.31. The molecule has 202 valence electrons.